The molecule has 1 rings (SSSR count). The van der Waals surface area contributed by atoms with Crippen LogP contribution >= 0.6 is 0 Å². The second-order valence-corrected chi connectivity index (χ2v) is 4.09. The van der Waals surface area contributed by atoms with Gasteiger partial charge in [-0.25, -0.2) is 0 Å². The zero-order valence-corrected chi connectivity index (χ0v) is 9.42. The molecule has 2 nitrogen and oxygen atoms in total. The molecule has 1 atom stereocenters. The number of hydrogen-bond acceptors (Lipinski definition) is 2. The summed E-state index contributed by atoms with van der Waals surface area (Å²) >= 11 is 0. The lowest BCUT2D eigenvalue weighted by molar-refractivity contribution is 0.368. The van der Waals surface area contributed by atoms with Crippen molar-refractivity contribution in [2.45, 2.75) is 39.7 Å². The smallest absolute Gasteiger partial charge is 0.105 e. The van der Waals surface area contributed by atoms with E-state index < -0.39 is 0 Å². The summed E-state index contributed by atoms with van der Waals surface area (Å²) < 4.78 is 5.35. The molecule has 0 bridgehead atoms. The van der Waals surface area contributed by atoms with Crippen LogP contribution in [-0.4, -0.2) is 12.6 Å². The Morgan fingerprint density at radius 2 is 2.21 bits per heavy atom. The van der Waals surface area contributed by atoms with Gasteiger partial charge in [-0.1, -0.05) is 20.8 Å². The predicted octanol–water partition coefficient (Wildman–Crippen LogP) is 2.85. The summed E-state index contributed by atoms with van der Waals surface area (Å²) in [4.78, 5) is 0. The first-order chi connectivity index (χ1) is 6.74. The van der Waals surface area contributed by atoms with Crippen molar-refractivity contribution < 1.29 is 4.42 Å². The second kappa shape index (κ2) is 5.86. The van der Waals surface area contributed by atoms with E-state index >= 15 is 0 Å². The average Bonchev–Trinajstić information content (AvgIpc) is 2.64. The standard InChI is InChI=1S/C12H21NO/c1-4-7-13-12(10(2)3)9-11-6-5-8-14-11/h5-6,8,10,12-13H,4,7,9H2,1-3H3. The maximum absolute atomic E-state index is 5.35. The highest BCUT2D eigenvalue weighted by Gasteiger charge is 2.13. The van der Waals surface area contributed by atoms with Gasteiger partial charge in [-0.15, -0.1) is 0 Å². The Morgan fingerprint density at radius 1 is 1.43 bits per heavy atom. The van der Waals surface area contributed by atoms with Gasteiger partial charge in [-0.05, 0) is 31.0 Å². The van der Waals surface area contributed by atoms with E-state index in [0.29, 0.717) is 12.0 Å². The lowest BCUT2D eigenvalue weighted by Gasteiger charge is -2.21. The first kappa shape index (κ1) is 11.3. The van der Waals surface area contributed by atoms with Gasteiger partial charge in [-0.2, -0.15) is 0 Å². The van der Waals surface area contributed by atoms with Crippen molar-refractivity contribution in [2.75, 3.05) is 6.54 Å². The first-order valence-electron chi connectivity index (χ1n) is 5.49. The number of nitrogens with one attached hydrogen (secondary N) is 1. The van der Waals surface area contributed by atoms with E-state index in [1.165, 1.54) is 6.42 Å². The third-order valence-electron chi connectivity index (χ3n) is 2.46. The monoisotopic (exact) mass is 195 g/mol. The summed E-state index contributed by atoms with van der Waals surface area (Å²) in [6.07, 6.45) is 3.92. The molecule has 2 heteroatoms. The maximum atomic E-state index is 5.35. The molecule has 1 heterocycles. The molecule has 0 aliphatic rings. The van der Waals surface area contributed by atoms with Crippen LogP contribution in [0.4, 0.5) is 0 Å². The van der Waals surface area contributed by atoms with E-state index in [4.69, 9.17) is 4.42 Å². The number of rotatable bonds is 6. The van der Waals surface area contributed by atoms with Crippen molar-refractivity contribution >= 4 is 0 Å². The minimum atomic E-state index is 0.529. The Hall–Kier alpha value is -0.760. The van der Waals surface area contributed by atoms with Crippen molar-refractivity contribution in [2.24, 2.45) is 5.92 Å². The molecule has 0 aliphatic heterocycles. The largest absolute Gasteiger partial charge is 0.469 e. The lowest BCUT2D eigenvalue weighted by atomic mass is 9.99. The van der Waals surface area contributed by atoms with Gasteiger partial charge in [0.2, 0.25) is 0 Å². The Bertz CT molecular complexity index is 228. The minimum Gasteiger partial charge on any atom is -0.469 e. The SMILES string of the molecule is CCCNC(Cc1ccco1)C(C)C. The Morgan fingerprint density at radius 3 is 2.71 bits per heavy atom. The molecule has 0 saturated carbocycles. The van der Waals surface area contributed by atoms with Gasteiger partial charge in [0.1, 0.15) is 5.76 Å². The summed E-state index contributed by atoms with van der Waals surface area (Å²) in [5, 5.41) is 3.55. The van der Waals surface area contributed by atoms with Crippen molar-refractivity contribution in [3.63, 3.8) is 0 Å². The van der Waals surface area contributed by atoms with Gasteiger partial charge in [0, 0.05) is 12.5 Å². The molecular weight excluding hydrogens is 174 g/mol. The first-order valence-corrected chi connectivity index (χ1v) is 5.49. The Balaban J connectivity index is 2.43. The van der Waals surface area contributed by atoms with Crippen LogP contribution in [0.25, 0.3) is 0 Å². The highest BCUT2D eigenvalue weighted by atomic mass is 16.3. The molecule has 0 amide bonds. The van der Waals surface area contributed by atoms with Crippen LogP contribution in [0.15, 0.2) is 22.8 Å². The fraction of sp³-hybridized carbons (Fsp3) is 0.667. The molecule has 1 unspecified atom stereocenters. The molecule has 14 heavy (non-hydrogen) atoms. The molecule has 1 aromatic rings. The summed E-state index contributed by atoms with van der Waals surface area (Å²) in [6, 6.07) is 4.52. The zero-order valence-electron chi connectivity index (χ0n) is 9.42. The zero-order chi connectivity index (χ0) is 10.4. The molecule has 0 radical (unpaired) electrons. The van der Waals surface area contributed by atoms with Crippen LogP contribution in [0.5, 0.6) is 0 Å². The maximum Gasteiger partial charge on any atom is 0.105 e. The molecular formula is C12H21NO. The van der Waals surface area contributed by atoms with Gasteiger partial charge in [0.05, 0.1) is 6.26 Å². The van der Waals surface area contributed by atoms with Crippen molar-refractivity contribution in [1.82, 2.24) is 5.32 Å². The van der Waals surface area contributed by atoms with Crippen molar-refractivity contribution in [3.8, 4) is 0 Å². The summed E-state index contributed by atoms with van der Waals surface area (Å²) in [7, 11) is 0. The molecule has 0 aromatic carbocycles. The minimum absolute atomic E-state index is 0.529. The van der Waals surface area contributed by atoms with Crippen molar-refractivity contribution in [1.29, 1.82) is 0 Å². The highest BCUT2D eigenvalue weighted by molar-refractivity contribution is 5.00. The van der Waals surface area contributed by atoms with E-state index in [2.05, 4.69) is 26.1 Å². The normalized spacial score (nSPS) is 13.4. The van der Waals surface area contributed by atoms with Gasteiger partial charge in [-0.3, -0.25) is 0 Å². The average molecular weight is 195 g/mol. The van der Waals surface area contributed by atoms with Crippen LogP contribution in [0.2, 0.25) is 0 Å². The van der Waals surface area contributed by atoms with Gasteiger partial charge in [0.25, 0.3) is 0 Å². The van der Waals surface area contributed by atoms with E-state index in [1.807, 2.05) is 12.1 Å². The van der Waals surface area contributed by atoms with Crippen molar-refractivity contribution in [3.05, 3.63) is 24.2 Å². The van der Waals surface area contributed by atoms with E-state index in [9.17, 15) is 0 Å². The van der Waals surface area contributed by atoms with Crippen LogP contribution in [-0.2, 0) is 6.42 Å². The molecule has 0 saturated heterocycles. The van der Waals surface area contributed by atoms with E-state index in [0.717, 1.165) is 18.7 Å². The summed E-state index contributed by atoms with van der Waals surface area (Å²) in [5.74, 6) is 1.72. The van der Waals surface area contributed by atoms with Crippen LogP contribution in [0.1, 0.15) is 33.0 Å². The lowest BCUT2D eigenvalue weighted by Crippen LogP contribution is -2.36. The quantitative estimate of drug-likeness (QED) is 0.755. The fourth-order valence-electron chi connectivity index (χ4n) is 1.52. The predicted molar refractivity (Wildman–Crippen MR) is 59.3 cm³/mol. The van der Waals surface area contributed by atoms with Crippen LogP contribution in [0, 0.1) is 5.92 Å². The Labute approximate surface area is 86.7 Å². The third-order valence-corrected chi connectivity index (χ3v) is 2.46. The number of hydrogen-bond donors (Lipinski definition) is 1. The summed E-state index contributed by atoms with van der Waals surface area (Å²) in [6.45, 7) is 7.77. The molecule has 80 valence electrons. The number of furan rings is 1. The molecule has 0 fully saturated rings. The molecule has 0 aliphatic carbocycles. The van der Waals surface area contributed by atoms with Gasteiger partial charge >= 0.3 is 0 Å². The van der Waals surface area contributed by atoms with E-state index in [-0.39, 0.29) is 0 Å². The summed E-state index contributed by atoms with van der Waals surface area (Å²) in [5.41, 5.74) is 0. The van der Waals surface area contributed by atoms with E-state index in [1.54, 1.807) is 6.26 Å². The molecule has 0 spiro atoms. The molecule has 1 N–H and O–H groups in total. The topological polar surface area (TPSA) is 25.2 Å². The highest BCUT2D eigenvalue weighted by Crippen LogP contribution is 2.10. The van der Waals surface area contributed by atoms with Crippen LogP contribution < -0.4 is 5.32 Å². The fourth-order valence-corrected chi connectivity index (χ4v) is 1.52. The molecule has 1 aromatic heterocycles. The van der Waals surface area contributed by atoms with Crippen LogP contribution in [0.3, 0.4) is 0 Å². The Kier molecular flexibility index (Phi) is 4.74. The third kappa shape index (κ3) is 3.54. The van der Waals surface area contributed by atoms with Gasteiger partial charge < -0.3 is 9.73 Å². The van der Waals surface area contributed by atoms with Gasteiger partial charge in [0.15, 0.2) is 0 Å². The second-order valence-electron chi connectivity index (χ2n) is 4.09.